The van der Waals surface area contributed by atoms with Gasteiger partial charge in [-0.15, -0.1) is 11.8 Å². The topological polar surface area (TPSA) is 49.4 Å². The number of thioether (sulfide) groups is 1. The van der Waals surface area contributed by atoms with Crippen molar-refractivity contribution in [2.24, 2.45) is 0 Å². The largest absolute Gasteiger partial charge is 0.336 e. The third kappa shape index (κ3) is 5.33. The molecule has 0 heterocycles. The number of halogens is 1. The molecular formula is C16H21FN2O2S. The number of hydrogen-bond acceptors (Lipinski definition) is 3. The number of amides is 2. The zero-order valence-electron chi connectivity index (χ0n) is 12.7. The molecule has 0 aromatic heterocycles. The normalized spacial score (nSPS) is 14.8. The van der Waals surface area contributed by atoms with E-state index in [4.69, 9.17) is 0 Å². The van der Waals surface area contributed by atoms with E-state index in [2.05, 4.69) is 5.32 Å². The van der Waals surface area contributed by atoms with E-state index in [9.17, 15) is 14.0 Å². The van der Waals surface area contributed by atoms with Crippen LogP contribution in [0.2, 0.25) is 0 Å². The molecule has 1 aliphatic carbocycles. The van der Waals surface area contributed by atoms with Crippen LogP contribution in [0.5, 0.6) is 0 Å². The highest BCUT2D eigenvalue weighted by atomic mass is 32.2. The van der Waals surface area contributed by atoms with Crippen molar-refractivity contribution >= 4 is 29.3 Å². The molecule has 0 atom stereocenters. The minimum atomic E-state index is -0.353. The van der Waals surface area contributed by atoms with E-state index < -0.39 is 0 Å². The summed E-state index contributed by atoms with van der Waals surface area (Å²) in [5.74, 6) is -0.251. The van der Waals surface area contributed by atoms with Crippen LogP contribution in [-0.4, -0.2) is 41.3 Å². The maximum absolute atomic E-state index is 12.8. The number of rotatable bonds is 6. The lowest BCUT2D eigenvalue weighted by atomic mass is 10.3. The smallest absolute Gasteiger partial charge is 0.243 e. The predicted octanol–water partition coefficient (Wildman–Crippen LogP) is 2.90. The van der Waals surface area contributed by atoms with Gasteiger partial charge in [0.05, 0.1) is 12.3 Å². The summed E-state index contributed by atoms with van der Waals surface area (Å²) in [6.45, 7) is 0.00143. The first kappa shape index (κ1) is 16.8. The van der Waals surface area contributed by atoms with Gasteiger partial charge in [0.2, 0.25) is 11.8 Å². The Bertz CT molecular complexity index is 515. The molecule has 0 aliphatic heterocycles. The molecule has 1 N–H and O–H groups in total. The Morgan fingerprint density at radius 2 is 1.91 bits per heavy atom. The van der Waals surface area contributed by atoms with Gasteiger partial charge in [0.15, 0.2) is 0 Å². The van der Waals surface area contributed by atoms with Crippen LogP contribution in [-0.2, 0) is 9.59 Å². The zero-order valence-corrected chi connectivity index (χ0v) is 13.5. The number of benzene rings is 1. The molecule has 1 fully saturated rings. The molecule has 1 aromatic rings. The van der Waals surface area contributed by atoms with Gasteiger partial charge in [-0.05, 0) is 37.1 Å². The third-order valence-electron chi connectivity index (χ3n) is 3.68. The number of nitrogens with zero attached hydrogens (tertiary/aromatic N) is 1. The molecule has 120 valence electrons. The number of carbonyl (C=O) groups excluding carboxylic acids is 2. The third-order valence-corrected chi connectivity index (χ3v) is 5.04. The highest BCUT2D eigenvalue weighted by Crippen LogP contribution is 2.29. The summed E-state index contributed by atoms with van der Waals surface area (Å²) < 4.78 is 12.8. The number of anilines is 1. The summed E-state index contributed by atoms with van der Waals surface area (Å²) >= 11 is 1.69. The van der Waals surface area contributed by atoms with Gasteiger partial charge in [0, 0.05) is 18.0 Å². The summed E-state index contributed by atoms with van der Waals surface area (Å²) in [6, 6.07) is 5.54. The van der Waals surface area contributed by atoms with Crippen LogP contribution in [0, 0.1) is 5.82 Å². The van der Waals surface area contributed by atoms with E-state index in [1.54, 1.807) is 18.8 Å². The van der Waals surface area contributed by atoms with Crippen molar-refractivity contribution in [3.05, 3.63) is 30.1 Å². The Morgan fingerprint density at radius 1 is 1.27 bits per heavy atom. The first-order valence-electron chi connectivity index (χ1n) is 7.45. The second-order valence-corrected chi connectivity index (χ2v) is 6.81. The standard InChI is InChI=1S/C16H21FN2O2S/c1-19(16(21)11-22-14-4-2-3-5-14)10-15(20)18-13-8-6-12(17)7-9-13/h6-9,14H,2-5,10-11H2,1H3,(H,18,20). The van der Waals surface area contributed by atoms with Crippen LogP contribution in [0.3, 0.4) is 0 Å². The van der Waals surface area contributed by atoms with Crippen LogP contribution < -0.4 is 5.32 Å². The Hall–Kier alpha value is -1.56. The fourth-order valence-electron chi connectivity index (χ4n) is 2.39. The van der Waals surface area contributed by atoms with E-state index in [0.29, 0.717) is 16.7 Å². The molecule has 2 rings (SSSR count). The second-order valence-electron chi connectivity index (χ2n) is 5.52. The van der Waals surface area contributed by atoms with Crippen molar-refractivity contribution in [3.63, 3.8) is 0 Å². The summed E-state index contributed by atoms with van der Waals surface area (Å²) in [4.78, 5) is 25.3. The van der Waals surface area contributed by atoms with Crippen molar-refractivity contribution in [1.29, 1.82) is 0 Å². The minimum Gasteiger partial charge on any atom is -0.336 e. The fourth-order valence-corrected chi connectivity index (χ4v) is 3.66. The maximum Gasteiger partial charge on any atom is 0.243 e. The molecule has 2 amide bonds. The Labute approximate surface area is 134 Å². The summed E-state index contributed by atoms with van der Waals surface area (Å²) in [5, 5.41) is 3.23. The fraction of sp³-hybridized carbons (Fsp3) is 0.500. The van der Waals surface area contributed by atoms with Gasteiger partial charge >= 0.3 is 0 Å². The monoisotopic (exact) mass is 324 g/mol. The molecule has 4 nitrogen and oxygen atoms in total. The highest BCUT2D eigenvalue weighted by molar-refractivity contribution is 8.00. The quantitative estimate of drug-likeness (QED) is 0.875. The molecule has 0 bridgehead atoms. The molecule has 0 radical (unpaired) electrons. The maximum atomic E-state index is 12.8. The van der Waals surface area contributed by atoms with Crippen LogP contribution in [0.15, 0.2) is 24.3 Å². The highest BCUT2D eigenvalue weighted by Gasteiger charge is 2.19. The Kier molecular flexibility index (Phi) is 6.24. The first-order chi connectivity index (χ1) is 10.5. The minimum absolute atomic E-state index is 0.00143. The molecule has 0 saturated heterocycles. The lowest BCUT2D eigenvalue weighted by molar-refractivity contribution is -0.131. The van der Waals surface area contributed by atoms with Gasteiger partial charge in [-0.1, -0.05) is 12.8 Å². The van der Waals surface area contributed by atoms with E-state index >= 15 is 0 Å². The Balaban J connectivity index is 1.72. The molecule has 0 spiro atoms. The van der Waals surface area contributed by atoms with E-state index in [0.717, 1.165) is 0 Å². The number of nitrogens with one attached hydrogen (secondary N) is 1. The summed E-state index contributed by atoms with van der Waals surface area (Å²) in [6.07, 6.45) is 4.88. The van der Waals surface area contributed by atoms with E-state index in [1.807, 2.05) is 0 Å². The van der Waals surface area contributed by atoms with Gasteiger partial charge in [-0.2, -0.15) is 0 Å². The van der Waals surface area contributed by atoms with Gasteiger partial charge in [0.25, 0.3) is 0 Å². The van der Waals surface area contributed by atoms with Crippen LogP contribution >= 0.6 is 11.8 Å². The molecular weight excluding hydrogens is 303 g/mol. The molecule has 1 aromatic carbocycles. The van der Waals surface area contributed by atoms with Crippen molar-refractivity contribution in [1.82, 2.24) is 4.90 Å². The first-order valence-corrected chi connectivity index (χ1v) is 8.50. The molecule has 1 saturated carbocycles. The van der Waals surface area contributed by atoms with Crippen molar-refractivity contribution in [2.75, 3.05) is 24.7 Å². The molecule has 6 heteroatoms. The summed E-state index contributed by atoms with van der Waals surface area (Å²) in [7, 11) is 1.63. The second kappa shape index (κ2) is 8.17. The average molecular weight is 324 g/mol. The summed E-state index contributed by atoms with van der Waals surface area (Å²) in [5.41, 5.74) is 0.521. The van der Waals surface area contributed by atoms with Gasteiger partial charge in [0.1, 0.15) is 5.82 Å². The van der Waals surface area contributed by atoms with Gasteiger partial charge in [-0.3, -0.25) is 9.59 Å². The van der Waals surface area contributed by atoms with Gasteiger partial charge < -0.3 is 10.2 Å². The molecule has 1 aliphatic rings. The molecule has 22 heavy (non-hydrogen) atoms. The number of likely N-dealkylation sites (N-methyl/N-ethyl adjacent to an activating group) is 1. The molecule has 0 unspecified atom stereocenters. The van der Waals surface area contributed by atoms with Crippen molar-refractivity contribution in [3.8, 4) is 0 Å². The van der Waals surface area contributed by atoms with Crippen molar-refractivity contribution in [2.45, 2.75) is 30.9 Å². The Morgan fingerprint density at radius 3 is 2.55 bits per heavy atom. The van der Waals surface area contributed by atoms with Crippen LogP contribution in [0.25, 0.3) is 0 Å². The van der Waals surface area contributed by atoms with Gasteiger partial charge in [-0.25, -0.2) is 4.39 Å². The SMILES string of the molecule is CN(CC(=O)Nc1ccc(F)cc1)C(=O)CSC1CCCC1. The van der Waals surface area contributed by atoms with E-state index in [1.165, 1.54) is 54.8 Å². The lowest BCUT2D eigenvalue weighted by Crippen LogP contribution is -2.36. The average Bonchev–Trinajstić information content (AvgIpc) is 3.00. The lowest BCUT2D eigenvalue weighted by Gasteiger charge is -2.17. The van der Waals surface area contributed by atoms with E-state index in [-0.39, 0.29) is 24.2 Å². The van der Waals surface area contributed by atoms with Crippen LogP contribution in [0.1, 0.15) is 25.7 Å². The van der Waals surface area contributed by atoms with Crippen LogP contribution in [0.4, 0.5) is 10.1 Å². The van der Waals surface area contributed by atoms with Crippen molar-refractivity contribution < 1.29 is 14.0 Å². The zero-order chi connectivity index (χ0) is 15.9. The predicted molar refractivity (Wildman–Crippen MR) is 87.4 cm³/mol. The number of hydrogen-bond donors (Lipinski definition) is 1. The number of carbonyl (C=O) groups is 2.